The lowest BCUT2D eigenvalue weighted by Gasteiger charge is -2.34. The van der Waals surface area contributed by atoms with Crippen molar-refractivity contribution >= 4 is 22.6 Å². The van der Waals surface area contributed by atoms with Crippen molar-refractivity contribution in [2.24, 2.45) is 7.05 Å². The van der Waals surface area contributed by atoms with Gasteiger partial charge in [0.1, 0.15) is 17.2 Å². The number of nitrogens with zero attached hydrogens (tertiary/aromatic N) is 3. The van der Waals surface area contributed by atoms with Crippen LogP contribution in [0.25, 0.3) is 22.2 Å². The Bertz CT molecular complexity index is 1230. The fourth-order valence-corrected chi connectivity index (χ4v) is 4.96. The van der Waals surface area contributed by atoms with Crippen LogP contribution in [0.15, 0.2) is 24.5 Å². The van der Waals surface area contributed by atoms with Crippen molar-refractivity contribution in [1.82, 2.24) is 14.5 Å². The number of aromatic nitrogens is 3. The lowest BCUT2D eigenvalue weighted by atomic mass is 9.89. The Morgan fingerprint density at radius 2 is 2.11 bits per heavy atom. The van der Waals surface area contributed by atoms with Crippen LogP contribution < -0.4 is 10.1 Å². The van der Waals surface area contributed by atoms with Gasteiger partial charge in [-0.15, -0.1) is 0 Å². The number of pyridine rings is 2. The number of nitrogens with one attached hydrogen (secondary N) is 1. The Balaban J connectivity index is 1.60. The number of rotatable bonds is 8. The van der Waals surface area contributed by atoms with E-state index in [-0.39, 0.29) is 5.91 Å². The van der Waals surface area contributed by atoms with Gasteiger partial charge in [0.25, 0.3) is 0 Å². The Hall–Kier alpha value is -3.01. The van der Waals surface area contributed by atoms with Gasteiger partial charge in [-0.25, -0.2) is 9.97 Å². The van der Waals surface area contributed by atoms with Crippen LogP contribution in [0, 0.1) is 0 Å². The number of methoxy groups -OCH3 is 1. The van der Waals surface area contributed by atoms with E-state index in [1.165, 1.54) is 6.92 Å². The second-order valence-corrected chi connectivity index (χ2v) is 9.20. The van der Waals surface area contributed by atoms with Gasteiger partial charge in [0.15, 0.2) is 0 Å². The molecule has 2 aliphatic heterocycles. The number of fused-ring (bicyclic) bond motifs is 3. The largest absolute Gasteiger partial charge is 0.493 e. The van der Waals surface area contributed by atoms with Gasteiger partial charge in [-0.2, -0.15) is 0 Å². The quantitative estimate of drug-likeness (QED) is 0.492. The average molecular weight is 481 g/mol. The third-order valence-electron chi connectivity index (χ3n) is 6.69. The van der Waals surface area contributed by atoms with Crippen molar-refractivity contribution in [3.05, 3.63) is 35.8 Å². The molecule has 2 aliphatic rings. The molecule has 5 rings (SSSR count). The molecule has 1 fully saturated rings. The van der Waals surface area contributed by atoms with Crippen molar-refractivity contribution < 1.29 is 23.7 Å². The molecule has 0 aliphatic carbocycles. The Morgan fingerprint density at radius 3 is 2.89 bits per heavy atom. The molecule has 1 amide bonds. The summed E-state index contributed by atoms with van der Waals surface area (Å²) in [5, 5.41) is 3.74. The number of amides is 1. The highest BCUT2D eigenvalue weighted by atomic mass is 16.6. The van der Waals surface area contributed by atoms with Crippen LogP contribution in [-0.4, -0.2) is 60.6 Å². The first-order valence-corrected chi connectivity index (χ1v) is 12.1. The molecule has 3 aromatic rings. The summed E-state index contributed by atoms with van der Waals surface area (Å²) >= 11 is 0. The number of unbranched alkanes of at least 4 members (excludes halogenated alkanes) is 1. The second-order valence-electron chi connectivity index (χ2n) is 9.20. The van der Waals surface area contributed by atoms with Crippen molar-refractivity contribution in [2.75, 3.05) is 45.5 Å². The topological polar surface area (TPSA) is 96.7 Å². The van der Waals surface area contributed by atoms with E-state index in [9.17, 15) is 4.79 Å². The van der Waals surface area contributed by atoms with Gasteiger partial charge in [-0.05, 0) is 18.9 Å². The highest BCUT2D eigenvalue weighted by Gasteiger charge is 2.44. The van der Waals surface area contributed by atoms with Gasteiger partial charge in [-0.3, -0.25) is 4.79 Å². The molecule has 0 aromatic carbocycles. The number of carbonyl (C=O) groups is 1. The molecular weight excluding hydrogens is 448 g/mol. The third-order valence-corrected chi connectivity index (χ3v) is 6.69. The monoisotopic (exact) mass is 480 g/mol. The standard InChI is InChI=1S/C26H32N4O5/c1-17(31)28-24-12-19-20(15-30(2)22(19)14-27-24)21-13-23(34-9-5-4-8-32-3)18-6-10-35-26(25(18)29-21)7-11-33-16-26/h12-15H,4-11,16H2,1-3H3,(H,27,28,31). The molecule has 186 valence electrons. The van der Waals surface area contributed by atoms with E-state index in [1.54, 1.807) is 13.3 Å². The predicted octanol–water partition coefficient (Wildman–Crippen LogP) is 3.59. The molecule has 0 bridgehead atoms. The zero-order chi connectivity index (χ0) is 24.4. The van der Waals surface area contributed by atoms with E-state index in [0.29, 0.717) is 32.2 Å². The molecule has 35 heavy (non-hydrogen) atoms. The molecular formula is C26H32N4O5. The van der Waals surface area contributed by atoms with Crippen molar-refractivity contribution in [2.45, 2.75) is 38.2 Å². The van der Waals surface area contributed by atoms with E-state index in [4.69, 9.17) is 23.9 Å². The van der Waals surface area contributed by atoms with Gasteiger partial charge >= 0.3 is 0 Å². The van der Waals surface area contributed by atoms with Gasteiger partial charge in [0.2, 0.25) is 5.91 Å². The Kier molecular flexibility index (Phi) is 6.73. The van der Waals surface area contributed by atoms with Gasteiger partial charge in [-0.1, -0.05) is 0 Å². The molecule has 9 heteroatoms. The fourth-order valence-electron chi connectivity index (χ4n) is 4.96. The zero-order valence-corrected chi connectivity index (χ0v) is 20.6. The molecule has 1 saturated heterocycles. The predicted molar refractivity (Wildman–Crippen MR) is 132 cm³/mol. The molecule has 9 nitrogen and oxygen atoms in total. The second kappa shape index (κ2) is 9.93. The summed E-state index contributed by atoms with van der Waals surface area (Å²) in [5.74, 6) is 1.20. The van der Waals surface area contributed by atoms with E-state index >= 15 is 0 Å². The van der Waals surface area contributed by atoms with Crippen LogP contribution in [0.5, 0.6) is 5.75 Å². The SMILES string of the molecule is COCCCCOc1cc(-c2cn(C)c3cnc(NC(C)=O)cc23)nc2c1CCOC21CCOC1. The van der Waals surface area contributed by atoms with Crippen molar-refractivity contribution in [3.8, 4) is 17.0 Å². The third kappa shape index (κ3) is 4.63. The summed E-state index contributed by atoms with van der Waals surface area (Å²) in [6.07, 6.45) is 7.19. The van der Waals surface area contributed by atoms with Crippen molar-refractivity contribution in [1.29, 1.82) is 0 Å². The maximum atomic E-state index is 11.6. The fraction of sp³-hybridized carbons (Fsp3) is 0.500. The first kappa shape index (κ1) is 23.7. The van der Waals surface area contributed by atoms with Gasteiger partial charge in [0, 0.05) is 75.9 Å². The molecule has 3 aromatic heterocycles. The maximum Gasteiger partial charge on any atom is 0.222 e. The Labute approximate surface area is 204 Å². The van der Waals surface area contributed by atoms with Crippen LogP contribution in [0.3, 0.4) is 0 Å². The number of anilines is 1. The number of ether oxygens (including phenoxy) is 4. The maximum absolute atomic E-state index is 11.6. The number of aryl methyl sites for hydroxylation is 1. The molecule has 1 N–H and O–H groups in total. The van der Waals surface area contributed by atoms with E-state index in [0.717, 1.165) is 71.5 Å². The summed E-state index contributed by atoms with van der Waals surface area (Å²) < 4.78 is 25.6. The van der Waals surface area contributed by atoms with Crippen LogP contribution in [0.2, 0.25) is 0 Å². The molecule has 1 spiro atoms. The van der Waals surface area contributed by atoms with Crippen molar-refractivity contribution in [3.63, 3.8) is 0 Å². The average Bonchev–Trinajstić information content (AvgIpc) is 3.44. The highest BCUT2D eigenvalue weighted by molar-refractivity contribution is 5.98. The summed E-state index contributed by atoms with van der Waals surface area (Å²) in [6, 6.07) is 3.93. The highest BCUT2D eigenvalue weighted by Crippen LogP contribution is 2.44. The molecule has 0 saturated carbocycles. The van der Waals surface area contributed by atoms with Gasteiger partial charge < -0.3 is 28.8 Å². The van der Waals surface area contributed by atoms with Crippen LogP contribution >= 0.6 is 0 Å². The first-order valence-electron chi connectivity index (χ1n) is 12.1. The number of hydrogen-bond acceptors (Lipinski definition) is 7. The first-order chi connectivity index (χ1) is 17.0. The smallest absolute Gasteiger partial charge is 0.222 e. The minimum Gasteiger partial charge on any atom is -0.493 e. The summed E-state index contributed by atoms with van der Waals surface area (Å²) in [7, 11) is 3.69. The summed E-state index contributed by atoms with van der Waals surface area (Å²) in [6.45, 7) is 4.57. The van der Waals surface area contributed by atoms with Crippen LogP contribution in [-0.2, 0) is 38.1 Å². The van der Waals surface area contributed by atoms with Gasteiger partial charge in [0.05, 0.1) is 42.9 Å². The van der Waals surface area contributed by atoms with Crippen LogP contribution in [0.1, 0.15) is 37.4 Å². The summed E-state index contributed by atoms with van der Waals surface area (Å²) in [4.78, 5) is 21.2. The lowest BCUT2D eigenvalue weighted by molar-refractivity contribution is -0.114. The lowest BCUT2D eigenvalue weighted by Crippen LogP contribution is -2.37. The Morgan fingerprint density at radius 1 is 1.26 bits per heavy atom. The van der Waals surface area contributed by atoms with E-state index < -0.39 is 5.60 Å². The molecule has 1 atom stereocenters. The molecule has 0 radical (unpaired) electrons. The zero-order valence-electron chi connectivity index (χ0n) is 20.6. The van der Waals surface area contributed by atoms with E-state index in [2.05, 4.69) is 10.3 Å². The summed E-state index contributed by atoms with van der Waals surface area (Å²) in [5.41, 5.74) is 4.19. The number of carbonyl (C=O) groups excluding carboxylic acids is 1. The molecule has 5 heterocycles. The minimum atomic E-state index is -0.536. The van der Waals surface area contributed by atoms with Crippen LogP contribution in [0.4, 0.5) is 5.82 Å². The minimum absolute atomic E-state index is 0.161. The normalized spacial score (nSPS) is 19.3. The number of hydrogen-bond donors (Lipinski definition) is 1. The van der Waals surface area contributed by atoms with E-state index in [1.807, 2.05) is 29.9 Å². The molecule has 1 unspecified atom stereocenters.